The summed E-state index contributed by atoms with van der Waals surface area (Å²) < 4.78 is 17.1. The minimum Gasteiger partial charge on any atom is -0.471 e. The molecule has 2 aromatic heterocycles. The Morgan fingerprint density at radius 1 is 1.29 bits per heavy atom. The lowest BCUT2D eigenvalue weighted by molar-refractivity contribution is 0.0634. The number of nitrogens with one attached hydrogen (secondary N) is 1. The Hall–Kier alpha value is -2.72. The highest BCUT2D eigenvalue weighted by Crippen LogP contribution is 2.42. The minimum absolute atomic E-state index is 0.0133. The van der Waals surface area contributed by atoms with Gasteiger partial charge < -0.3 is 19.1 Å². The van der Waals surface area contributed by atoms with Crippen molar-refractivity contribution in [1.29, 1.82) is 0 Å². The SMILES string of the molecule is Cc1nc(NC(=O)OC(C)(C)C)sc1-c1cc2c(c(OC3CCOC3)n1)C(=O)N([C@@H](C)C1CC1)C2. The Bertz CT molecular complexity index is 1150. The normalized spacial score (nSPS) is 20.7. The van der Waals surface area contributed by atoms with Gasteiger partial charge in [0, 0.05) is 19.0 Å². The van der Waals surface area contributed by atoms with Gasteiger partial charge in [0.25, 0.3) is 5.91 Å². The Kier molecular flexibility index (Phi) is 6.21. The van der Waals surface area contributed by atoms with E-state index in [4.69, 9.17) is 19.2 Å². The fourth-order valence-corrected chi connectivity index (χ4v) is 5.44. The number of fused-ring (bicyclic) bond motifs is 1. The van der Waals surface area contributed by atoms with Crippen molar-refractivity contribution in [3.63, 3.8) is 0 Å². The summed E-state index contributed by atoms with van der Waals surface area (Å²) in [4.78, 5) is 37.7. The predicted molar refractivity (Wildman–Crippen MR) is 132 cm³/mol. The number of rotatable bonds is 6. The summed E-state index contributed by atoms with van der Waals surface area (Å²) in [5.74, 6) is 0.914. The van der Waals surface area contributed by atoms with Crippen molar-refractivity contribution in [3.8, 4) is 16.5 Å². The van der Waals surface area contributed by atoms with Gasteiger partial charge in [0.15, 0.2) is 5.13 Å². The first-order valence-corrected chi connectivity index (χ1v) is 13.0. The maximum Gasteiger partial charge on any atom is 0.413 e. The molecule has 1 saturated heterocycles. The highest BCUT2D eigenvalue weighted by Gasteiger charge is 2.41. The van der Waals surface area contributed by atoms with Crippen LogP contribution in [0.15, 0.2) is 6.07 Å². The van der Waals surface area contributed by atoms with Gasteiger partial charge in [0.05, 0.1) is 29.5 Å². The van der Waals surface area contributed by atoms with Gasteiger partial charge in [-0.05, 0) is 65.0 Å². The third-order valence-electron chi connectivity index (χ3n) is 6.48. The Labute approximate surface area is 209 Å². The van der Waals surface area contributed by atoms with E-state index in [9.17, 15) is 9.59 Å². The average molecular weight is 501 g/mol. The molecule has 2 amide bonds. The van der Waals surface area contributed by atoms with Gasteiger partial charge in [0.1, 0.15) is 17.3 Å². The van der Waals surface area contributed by atoms with Crippen LogP contribution in [0.2, 0.25) is 0 Å². The molecule has 35 heavy (non-hydrogen) atoms. The molecule has 10 heteroatoms. The zero-order valence-electron chi connectivity index (χ0n) is 20.8. The maximum absolute atomic E-state index is 13.4. The number of aryl methyl sites for hydroxylation is 1. The second kappa shape index (κ2) is 9.05. The Morgan fingerprint density at radius 2 is 2.06 bits per heavy atom. The van der Waals surface area contributed by atoms with Crippen LogP contribution in [0.4, 0.5) is 9.93 Å². The van der Waals surface area contributed by atoms with Crippen molar-refractivity contribution >= 4 is 28.5 Å². The van der Waals surface area contributed by atoms with Crippen molar-refractivity contribution in [1.82, 2.24) is 14.9 Å². The summed E-state index contributed by atoms with van der Waals surface area (Å²) in [6.07, 6.45) is 2.42. The third kappa shape index (κ3) is 5.13. The monoisotopic (exact) mass is 500 g/mol. The molecule has 1 N–H and O–H groups in total. The topological polar surface area (TPSA) is 103 Å². The van der Waals surface area contributed by atoms with Gasteiger partial charge in [-0.25, -0.2) is 14.8 Å². The third-order valence-corrected chi connectivity index (χ3v) is 7.58. The van der Waals surface area contributed by atoms with E-state index in [2.05, 4.69) is 17.2 Å². The number of carbonyl (C=O) groups excluding carboxylic acids is 2. The van der Waals surface area contributed by atoms with E-state index in [0.29, 0.717) is 47.9 Å². The smallest absolute Gasteiger partial charge is 0.413 e. The summed E-state index contributed by atoms with van der Waals surface area (Å²) in [5, 5.41) is 3.14. The Balaban J connectivity index is 1.46. The summed E-state index contributed by atoms with van der Waals surface area (Å²) in [5.41, 5.74) is 2.28. The second-order valence-electron chi connectivity index (χ2n) is 10.5. The molecule has 0 bridgehead atoms. The molecule has 2 aliphatic heterocycles. The number of pyridine rings is 1. The van der Waals surface area contributed by atoms with Crippen molar-refractivity contribution in [2.45, 2.75) is 78.2 Å². The highest BCUT2D eigenvalue weighted by atomic mass is 32.1. The van der Waals surface area contributed by atoms with Gasteiger partial charge in [-0.2, -0.15) is 0 Å². The van der Waals surface area contributed by atoms with Gasteiger partial charge in [-0.15, -0.1) is 0 Å². The lowest BCUT2D eigenvalue weighted by Crippen LogP contribution is -2.35. The summed E-state index contributed by atoms with van der Waals surface area (Å²) in [6, 6.07) is 2.15. The fourth-order valence-electron chi connectivity index (χ4n) is 4.53. The van der Waals surface area contributed by atoms with Crippen LogP contribution in [-0.4, -0.2) is 57.8 Å². The van der Waals surface area contributed by atoms with E-state index in [1.54, 1.807) is 0 Å². The van der Waals surface area contributed by atoms with Crippen molar-refractivity contribution in [3.05, 3.63) is 22.9 Å². The van der Waals surface area contributed by atoms with E-state index in [1.807, 2.05) is 38.7 Å². The summed E-state index contributed by atoms with van der Waals surface area (Å²) in [6.45, 7) is 11.1. The molecule has 1 saturated carbocycles. The molecule has 0 spiro atoms. The molecule has 2 aromatic rings. The first-order valence-electron chi connectivity index (χ1n) is 12.2. The van der Waals surface area contributed by atoms with E-state index < -0.39 is 11.7 Å². The average Bonchev–Trinajstić information content (AvgIpc) is 3.22. The van der Waals surface area contributed by atoms with Crippen LogP contribution >= 0.6 is 11.3 Å². The number of aromatic nitrogens is 2. The molecular weight excluding hydrogens is 468 g/mol. The van der Waals surface area contributed by atoms with E-state index in [1.165, 1.54) is 24.2 Å². The molecule has 9 nitrogen and oxygen atoms in total. The summed E-state index contributed by atoms with van der Waals surface area (Å²) >= 11 is 1.32. The first-order chi connectivity index (χ1) is 16.6. The molecular formula is C25H32N4O5S. The number of nitrogens with zero attached hydrogens (tertiary/aromatic N) is 3. The second-order valence-corrected chi connectivity index (χ2v) is 11.5. The van der Waals surface area contributed by atoms with Crippen molar-refractivity contribution in [2.75, 3.05) is 18.5 Å². The van der Waals surface area contributed by atoms with Crippen LogP contribution in [0.1, 0.15) is 68.6 Å². The molecule has 3 aliphatic rings. The highest BCUT2D eigenvalue weighted by molar-refractivity contribution is 7.19. The minimum atomic E-state index is -0.604. The van der Waals surface area contributed by atoms with E-state index >= 15 is 0 Å². The van der Waals surface area contributed by atoms with Crippen molar-refractivity contribution in [2.24, 2.45) is 5.92 Å². The van der Waals surface area contributed by atoms with Crippen molar-refractivity contribution < 1.29 is 23.8 Å². The molecule has 0 aromatic carbocycles. The number of carbonyl (C=O) groups is 2. The zero-order chi connectivity index (χ0) is 24.9. The molecule has 1 aliphatic carbocycles. The lowest BCUT2D eigenvalue weighted by atomic mass is 10.1. The number of hydrogen-bond acceptors (Lipinski definition) is 8. The number of anilines is 1. The molecule has 5 rings (SSSR count). The molecule has 4 heterocycles. The van der Waals surface area contributed by atoms with Crippen LogP contribution in [-0.2, 0) is 16.0 Å². The van der Waals surface area contributed by atoms with Crippen LogP contribution in [0.25, 0.3) is 10.6 Å². The molecule has 188 valence electrons. The molecule has 1 unspecified atom stereocenters. The van der Waals surface area contributed by atoms with Gasteiger partial charge in [0.2, 0.25) is 5.88 Å². The number of thiazole rings is 1. The van der Waals surface area contributed by atoms with Gasteiger partial charge in [-0.1, -0.05) is 11.3 Å². The van der Waals surface area contributed by atoms with Crippen LogP contribution in [0, 0.1) is 12.8 Å². The van der Waals surface area contributed by atoms with Gasteiger partial charge >= 0.3 is 6.09 Å². The largest absolute Gasteiger partial charge is 0.471 e. The lowest BCUT2D eigenvalue weighted by Gasteiger charge is -2.24. The standard InChI is InChI=1S/C25H32N4O5S/c1-13-20(35-23(26-13)28-24(31)34-25(3,4)5)18-10-16-11-29(14(2)15-6-7-15)22(30)19(16)21(27-18)33-17-8-9-32-12-17/h10,14-15,17H,6-9,11-12H2,1-5H3,(H,26,28,31)/t14-,17?/m0/s1. The predicted octanol–water partition coefficient (Wildman–Crippen LogP) is 4.78. The maximum atomic E-state index is 13.4. The molecule has 2 atom stereocenters. The Morgan fingerprint density at radius 3 is 2.71 bits per heavy atom. The first kappa shape index (κ1) is 24.0. The fraction of sp³-hybridized carbons (Fsp3) is 0.600. The number of amides is 2. The van der Waals surface area contributed by atoms with E-state index in [0.717, 1.165) is 22.6 Å². The molecule has 0 radical (unpaired) electrons. The van der Waals surface area contributed by atoms with Crippen LogP contribution < -0.4 is 10.1 Å². The van der Waals surface area contributed by atoms with Crippen LogP contribution in [0.5, 0.6) is 5.88 Å². The van der Waals surface area contributed by atoms with E-state index in [-0.39, 0.29) is 18.1 Å². The van der Waals surface area contributed by atoms with Crippen LogP contribution in [0.3, 0.4) is 0 Å². The quantitative estimate of drug-likeness (QED) is 0.609. The molecule has 2 fully saturated rings. The van der Waals surface area contributed by atoms with Gasteiger partial charge in [-0.3, -0.25) is 10.1 Å². The number of ether oxygens (including phenoxy) is 3. The number of hydrogen-bond donors (Lipinski definition) is 1. The summed E-state index contributed by atoms with van der Waals surface area (Å²) in [7, 11) is 0. The zero-order valence-corrected chi connectivity index (χ0v) is 21.7.